The van der Waals surface area contributed by atoms with E-state index in [-0.39, 0.29) is 5.91 Å². The number of aromatic nitrogens is 1. The summed E-state index contributed by atoms with van der Waals surface area (Å²) in [5.74, 6) is 0.548. The molecule has 1 aromatic heterocycles. The average molecular weight is 261 g/mol. The zero-order valence-electron chi connectivity index (χ0n) is 12.0. The van der Waals surface area contributed by atoms with Crippen molar-refractivity contribution in [1.82, 2.24) is 10.3 Å². The van der Waals surface area contributed by atoms with Crippen molar-refractivity contribution in [1.29, 1.82) is 0 Å². The lowest BCUT2D eigenvalue weighted by atomic mass is 9.92. The number of hydrogen-bond acceptors (Lipinski definition) is 3. The summed E-state index contributed by atoms with van der Waals surface area (Å²) in [6, 6.07) is 3.66. The number of rotatable bonds is 6. The molecule has 4 nitrogen and oxygen atoms in total. The SMILES string of the molecule is CCNc1ccc(C(=O)NCC2(C(C)C)CC2)nc1. The van der Waals surface area contributed by atoms with Gasteiger partial charge in [0.1, 0.15) is 5.69 Å². The van der Waals surface area contributed by atoms with Crippen molar-refractivity contribution in [3.63, 3.8) is 0 Å². The molecule has 1 fully saturated rings. The molecule has 4 heteroatoms. The first-order valence-corrected chi connectivity index (χ1v) is 7.05. The third-order valence-corrected chi connectivity index (χ3v) is 4.10. The first kappa shape index (κ1) is 13.8. The third kappa shape index (κ3) is 3.25. The van der Waals surface area contributed by atoms with E-state index in [0.717, 1.165) is 18.8 Å². The molecular weight excluding hydrogens is 238 g/mol. The summed E-state index contributed by atoms with van der Waals surface area (Å²) < 4.78 is 0. The monoisotopic (exact) mass is 261 g/mol. The largest absolute Gasteiger partial charge is 0.384 e. The first-order valence-electron chi connectivity index (χ1n) is 7.05. The minimum Gasteiger partial charge on any atom is -0.384 e. The molecule has 19 heavy (non-hydrogen) atoms. The molecule has 0 saturated heterocycles. The molecule has 1 aliphatic carbocycles. The van der Waals surface area contributed by atoms with Gasteiger partial charge in [-0.1, -0.05) is 13.8 Å². The maximum atomic E-state index is 12.0. The maximum Gasteiger partial charge on any atom is 0.269 e. The minimum atomic E-state index is -0.0741. The second kappa shape index (κ2) is 5.59. The van der Waals surface area contributed by atoms with E-state index in [2.05, 4.69) is 29.5 Å². The second-order valence-electron chi connectivity index (χ2n) is 5.66. The van der Waals surface area contributed by atoms with E-state index in [1.54, 1.807) is 12.3 Å². The van der Waals surface area contributed by atoms with E-state index >= 15 is 0 Å². The zero-order valence-corrected chi connectivity index (χ0v) is 12.0. The second-order valence-corrected chi connectivity index (χ2v) is 5.66. The summed E-state index contributed by atoms with van der Waals surface area (Å²) in [6.45, 7) is 8.09. The molecule has 1 aliphatic rings. The van der Waals surface area contributed by atoms with Crippen LogP contribution in [0.5, 0.6) is 0 Å². The number of carbonyl (C=O) groups excluding carboxylic acids is 1. The highest BCUT2D eigenvalue weighted by atomic mass is 16.1. The van der Waals surface area contributed by atoms with E-state index in [9.17, 15) is 4.79 Å². The summed E-state index contributed by atoms with van der Waals surface area (Å²) in [5.41, 5.74) is 1.76. The van der Waals surface area contributed by atoms with Crippen LogP contribution in [0.15, 0.2) is 18.3 Å². The number of nitrogens with one attached hydrogen (secondary N) is 2. The Labute approximate surface area is 115 Å². The highest BCUT2D eigenvalue weighted by Gasteiger charge is 2.45. The average Bonchev–Trinajstić information content (AvgIpc) is 3.18. The van der Waals surface area contributed by atoms with Crippen LogP contribution in [0.4, 0.5) is 5.69 Å². The third-order valence-electron chi connectivity index (χ3n) is 4.10. The Hall–Kier alpha value is -1.58. The quantitative estimate of drug-likeness (QED) is 0.827. The van der Waals surface area contributed by atoms with Gasteiger partial charge in [-0.05, 0) is 43.2 Å². The van der Waals surface area contributed by atoms with Crippen LogP contribution in [0.25, 0.3) is 0 Å². The van der Waals surface area contributed by atoms with E-state index in [1.807, 2.05) is 13.0 Å². The van der Waals surface area contributed by atoms with Gasteiger partial charge < -0.3 is 10.6 Å². The minimum absolute atomic E-state index is 0.0741. The van der Waals surface area contributed by atoms with E-state index in [0.29, 0.717) is 17.0 Å². The van der Waals surface area contributed by atoms with E-state index in [1.165, 1.54) is 12.8 Å². The molecule has 1 heterocycles. The van der Waals surface area contributed by atoms with Crippen LogP contribution in [0.2, 0.25) is 0 Å². The molecule has 1 saturated carbocycles. The lowest BCUT2D eigenvalue weighted by molar-refractivity contribution is 0.0935. The van der Waals surface area contributed by atoms with Gasteiger partial charge in [0.25, 0.3) is 5.91 Å². The van der Waals surface area contributed by atoms with Crippen molar-refractivity contribution in [2.24, 2.45) is 11.3 Å². The molecule has 2 rings (SSSR count). The van der Waals surface area contributed by atoms with Gasteiger partial charge in [0, 0.05) is 13.1 Å². The van der Waals surface area contributed by atoms with Gasteiger partial charge in [0.05, 0.1) is 11.9 Å². The summed E-state index contributed by atoms with van der Waals surface area (Å²) >= 11 is 0. The Kier molecular flexibility index (Phi) is 4.08. The Morgan fingerprint density at radius 3 is 2.63 bits per heavy atom. The molecular formula is C15H23N3O. The molecule has 104 valence electrons. The lowest BCUT2D eigenvalue weighted by Crippen LogP contribution is -2.33. The Balaban J connectivity index is 1.89. The molecule has 1 aromatic rings. The van der Waals surface area contributed by atoms with Gasteiger partial charge in [-0.2, -0.15) is 0 Å². The molecule has 1 amide bonds. The van der Waals surface area contributed by atoms with Crippen molar-refractivity contribution in [3.8, 4) is 0 Å². The fraction of sp³-hybridized carbons (Fsp3) is 0.600. The predicted octanol–water partition coefficient (Wildman–Crippen LogP) is 2.68. The van der Waals surface area contributed by atoms with E-state index in [4.69, 9.17) is 0 Å². The normalized spacial score (nSPS) is 16.2. The molecule has 0 radical (unpaired) electrons. The zero-order chi connectivity index (χ0) is 13.9. The van der Waals surface area contributed by atoms with Crippen molar-refractivity contribution in [2.75, 3.05) is 18.4 Å². The maximum absolute atomic E-state index is 12.0. The fourth-order valence-corrected chi connectivity index (χ4v) is 2.30. The number of nitrogens with zero attached hydrogens (tertiary/aromatic N) is 1. The van der Waals surface area contributed by atoms with Gasteiger partial charge in [0.15, 0.2) is 0 Å². The smallest absolute Gasteiger partial charge is 0.269 e. The van der Waals surface area contributed by atoms with Gasteiger partial charge >= 0.3 is 0 Å². The molecule has 0 spiro atoms. The molecule has 0 unspecified atom stereocenters. The van der Waals surface area contributed by atoms with Crippen LogP contribution in [0.3, 0.4) is 0 Å². The summed E-state index contributed by atoms with van der Waals surface area (Å²) in [4.78, 5) is 16.2. The Morgan fingerprint density at radius 2 is 2.16 bits per heavy atom. The van der Waals surface area contributed by atoms with Gasteiger partial charge in [-0.15, -0.1) is 0 Å². The van der Waals surface area contributed by atoms with Crippen LogP contribution in [-0.4, -0.2) is 24.0 Å². The standard InChI is InChI=1S/C15H23N3O/c1-4-16-12-5-6-13(17-9-12)14(19)18-10-15(7-8-15)11(2)3/h5-6,9,11,16H,4,7-8,10H2,1-3H3,(H,18,19). The van der Waals surface area contributed by atoms with Crippen LogP contribution < -0.4 is 10.6 Å². The van der Waals surface area contributed by atoms with E-state index < -0.39 is 0 Å². The molecule has 0 bridgehead atoms. The summed E-state index contributed by atoms with van der Waals surface area (Å²) in [7, 11) is 0. The number of amides is 1. The highest BCUT2D eigenvalue weighted by molar-refractivity contribution is 5.92. The van der Waals surface area contributed by atoms with Gasteiger partial charge in [0.2, 0.25) is 0 Å². The predicted molar refractivity (Wildman–Crippen MR) is 77.2 cm³/mol. The lowest BCUT2D eigenvalue weighted by Gasteiger charge is -2.19. The number of pyridine rings is 1. The van der Waals surface area contributed by atoms with Crippen LogP contribution in [-0.2, 0) is 0 Å². The van der Waals surface area contributed by atoms with Gasteiger partial charge in [-0.25, -0.2) is 4.98 Å². The highest BCUT2D eigenvalue weighted by Crippen LogP contribution is 2.51. The topological polar surface area (TPSA) is 54.0 Å². The van der Waals surface area contributed by atoms with Crippen molar-refractivity contribution >= 4 is 11.6 Å². The van der Waals surface area contributed by atoms with Crippen molar-refractivity contribution < 1.29 is 4.79 Å². The molecule has 0 aliphatic heterocycles. The number of anilines is 1. The van der Waals surface area contributed by atoms with Crippen LogP contribution >= 0.6 is 0 Å². The molecule has 0 atom stereocenters. The van der Waals surface area contributed by atoms with Crippen molar-refractivity contribution in [2.45, 2.75) is 33.6 Å². The number of hydrogen-bond donors (Lipinski definition) is 2. The number of carbonyl (C=O) groups is 1. The van der Waals surface area contributed by atoms with Gasteiger partial charge in [-0.3, -0.25) is 4.79 Å². The van der Waals surface area contributed by atoms with Crippen LogP contribution in [0, 0.1) is 11.3 Å². The Morgan fingerprint density at radius 1 is 1.42 bits per heavy atom. The first-order chi connectivity index (χ1) is 9.07. The summed E-state index contributed by atoms with van der Waals surface area (Å²) in [5, 5.41) is 6.17. The fourth-order valence-electron chi connectivity index (χ4n) is 2.30. The van der Waals surface area contributed by atoms with Crippen molar-refractivity contribution in [3.05, 3.63) is 24.0 Å². The Bertz CT molecular complexity index is 435. The molecule has 0 aromatic carbocycles. The molecule has 2 N–H and O–H groups in total. The summed E-state index contributed by atoms with van der Waals surface area (Å²) in [6.07, 6.45) is 4.14. The van der Waals surface area contributed by atoms with Crippen LogP contribution in [0.1, 0.15) is 44.1 Å².